The third kappa shape index (κ3) is 5.69. The van der Waals surface area contributed by atoms with Gasteiger partial charge in [-0.05, 0) is 116 Å². The van der Waals surface area contributed by atoms with Gasteiger partial charge in [-0.2, -0.15) is 0 Å². The lowest BCUT2D eigenvalue weighted by Gasteiger charge is -2.28. The van der Waals surface area contributed by atoms with Gasteiger partial charge >= 0.3 is 0 Å². The Bertz CT molecular complexity index is 4120. The maximum atomic E-state index is 7.09. The highest BCUT2D eigenvalue weighted by Gasteiger charge is 2.37. The van der Waals surface area contributed by atoms with Crippen LogP contribution in [-0.2, 0) is 10.8 Å². The summed E-state index contributed by atoms with van der Waals surface area (Å²) in [5, 5.41) is 8.73. The molecule has 342 valence electrons. The van der Waals surface area contributed by atoms with Crippen molar-refractivity contribution in [3.8, 4) is 22.3 Å². The first-order valence-corrected chi connectivity index (χ1v) is 25.1. The summed E-state index contributed by atoms with van der Waals surface area (Å²) in [6.45, 7) is 9.35. The van der Waals surface area contributed by atoms with Gasteiger partial charge in [0.05, 0.1) is 11.4 Å². The Morgan fingerprint density at radius 3 is 1.07 bits per heavy atom. The summed E-state index contributed by atoms with van der Waals surface area (Å²) >= 11 is 0. The Labute approximate surface area is 417 Å². The number of para-hydroxylation sites is 2. The molecule has 13 aromatic rings. The molecule has 72 heavy (non-hydrogen) atoms. The van der Waals surface area contributed by atoms with Crippen LogP contribution >= 0.6 is 0 Å². The fraction of sp³-hybridized carbons (Fsp3) is 0.0882. The van der Waals surface area contributed by atoms with Crippen LogP contribution in [0.2, 0.25) is 0 Å². The minimum atomic E-state index is -0.0857. The van der Waals surface area contributed by atoms with Gasteiger partial charge in [0.15, 0.2) is 0 Å². The van der Waals surface area contributed by atoms with Gasteiger partial charge in [0.1, 0.15) is 22.3 Å². The third-order valence-corrected chi connectivity index (χ3v) is 16.2. The van der Waals surface area contributed by atoms with Crippen LogP contribution in [0.25, 0.3) is 87.7 Å². The highest BCUT2D eigenvalue weighted by Crippen LogP contribution is 2.54. The standard InChI is InChI=1S/C68H48N2O2/c1-67(2)55-29-17-15-23-45(55)51-35-43(31-33-57(51)67)69(41-19-7-5-8-20-41)59-39-63-65(49-27-13-11-25-47(49)59)53-37-62-54(38-61(53)71-63)66-50-28-14-12-26-48(50)60(40-64(66)72-62)70(42-21-9-6-10-22-42)44-32-34-58-52(36-44)46-24-16-18-30-56(46)68(58,3)4/h5-40H,1-4H3. The van der Waals surface area contributed by atoms with E-state index in [1.165, 1.54) is 44.5 Å². The summed E-state index contributed by atoms with van der Waals surface area (Å²) in [7, 11) is 0. The first-order chi connectivity index (χ1) is 35.2. The molecule has 11 aromatic carbocycles. The summed E-state index contributed by atoms with van der Waals surface area (Å²) < 4.78 is 14.2. The Hall–Kier alpha value is -8.86. The zero-order valence-electron chi connectivity index (χ0n) is 40.5. The molecule has 0 atom stereocenters. The number of furan rings is 2. The predicted octanol–water partition coefficient (Wildman–Crippen LogP) is 19.3. The van der Waals surface area contributed by atoms with E-state index in [4.69, 9.17) is 8.83 Å². The molecule has 0 radical (unpaired) electrons. The molecule has 0 saturated carbocycles. The van der Waals surface area contributed by atoms with Crippen molar-refractivity contribution in [1.82, 2.24) is 0 Å². The Kier molecular flexibility index (Phi) is 8.44. The minimum absolute atomic E-state index is 0.0857. The number of rotatable bonds is 6. The number of hydrogen-bond donors (Lipinski definition) is 0. The summed E-state index contributed by atoms with van der Waals surface area (Å²) in [5.41, 5.74) is 20.2. The van der Waals surface area contributed by atoms with Crippen molar-refractivity contribution in [3.05, 3.63) is 241 Å². The van der Waals surface area contributed by atoms with Crippen LogP contribution in [0.4, 0.5) is 34.1 Å². The van der Waals surface area contributed by atoms with Crippen molar-refractivity contribution in [2.75, 3.05) is 9.80 Å². The topological polar surface area (TPSA) is 32.8 Å². The van der Waals surface area contributed by atoms with Gasteiger partial charge in [0, 0.05) is 78.0 Å². The maximum Gasteiger partial charge on any atom is 0.138 e. The average Bonchev–Trinajstić information content (AvgIpc) is 4.10. The SMILES string of the molecule is CC1(C)c2ccccc2-c2cc(N(c3ccccc3)c3cc4oc5cc6c(cc5c4c4ccccc34)oc3cc(N(c4ccccc4)c4ccc5c(c4)-c4ccccc4C5(C)C)c4ccccc4c36)ccc21. The first kappa shape index (κ1) is 41.0. The smallest absolute Gasteiger partial charge is 0.138 e. The van der Waals surface area contributed by atoms with E-state index in [0.717, 1.165) is 99.5 Å². The van der Waals surface area contributed by atoms with Crippen molar-refractivity contribution < 1.29 is 8.83 Å². The lowest BCUT2D eigenvalue weighted by molar-refractivity contribution is 0.660. The summed E-state index contributed by atoms with van der Waals surface area (Å²) in [4.78, 5) is 4.79. The monoisotopic (exact) mass is 924 g/mol. The fourth-order valence-electron chi connectivity index (χ4n) is 12.8. The van der Waals surface area contributed by atoms with Crippen LogP contribution in [0.1, 0.15) is 49.9 Å². The summed E-state index contributed by atoms with van der Waals surface area (Å²) in [5.74, 6) is 0. The summed E-state index contributed by atoms with van der Waals surface area (Å²) in [6.07, 6.45) is 0. The number of nitrogens with zero attached hydrogens (tertiary/aromatic N) is 2. The normalized spacial score (nSPS) is 14.1. The van der Waals surface area contributed by atoms with E-state index in [1.54, 1.807) is 0 Å². The molecule has 0 saturated heterocycles. The number of fused-ring (bicyclic) bond motifs is 16. The number of anilines is 6. The first-order valence-electron chi connectivity index (χ1n) is 25.1. The zero-order valence-corrected chi connectivity index (χ0v) is 40.5. The highest BCUT2D eigenvalue weighted by molar-refractivity contribution is 6.28. The maximum absolute atomic E-state index is 7.09. The average molecular weight is 925 g/mol. The van der Waals surface area contributed by atoms with E-state index < -0.39 is 0 Å². The number of hydrogen-bond acceptors (Lipinski definition) is 4. The van der Waals surface area contributed by atoms with Crippen molar-refractivity contribution in [2.24, 2.45) is 0 Å². The van der Waals surface area contributed by atoms with Gasteiger partial charge < -0.3 is 18.6 Å². The molecule has 2 aliphatic rings. The van der Waals surface area contributed by atoms with Crippen LogP contribution in [0, 0.1) is 0 Å². The van der Waals surface area contributed by atoms with Crippen molar-refractivity contribution in [3.63, 3.8) is 0 Å². The molecule has 4 heteroatoms. The van der Waals surface area contributed by atoms with Gasteiger partial charge in [-0.1, -0.05) is 173 Å². The van der Waals surface area contributed by atoms with E-state index in [-0.39, 0.29) is 10.8 Å². The molecule has 0 N–H and O–H groups in total. The van der Waals surface area contributed by atoms with E-state index in [2.05, 4.69) is 256 Å². The Balaban J connectivity index is 0.924. The Morgan fingerprint density at radius 1 is 0.278 bits per heavy atom. The molecular formula is C68H48N2O2. The largest absolute Gasteiger partial charge is 0.456 e. The molecule has 0 amide bonds. The highest BCUT2D eigenvalue weighted by atomic mass is 16.3. The van der Waals surface area contributed by atoms with Gasteiger partial charge in [-0.3, -0.25) is 0 Å². The molecule has 0 fully saturated rings. The third-order valence-electron chi connectivity index (χ3n) is 16.2. The second kappa shape index (κ2) is 14.8. The molecule has 4 nitrogen and oxygen atoms in total. The molecule has 0 bridgehead atoms. The molecular weight excluding hydrogens is 877 g/mol. The molecule has 0 aliphatic heterocycles. The minimum Gasteiger partial charge on any atom is -0.456 e. The zero-order chi connectivity index (χ0) is 48.0. The summed E-state index contributed by atoms with van der Waals surface area (Å²) in [6, 6.07) is 79.6. The second-order valence-corrected chi connectivity index (χ2v) is 20.8. The van der Waals surface area contributed by atoms with Crippen LogP contribution in [-0.4, -0.2) is 0 Å². The lowest BCUT2D eigenvalue weighted by Crippen LogP contribution is -2.15. The molecule has 2 aromatic heterocycles. The van der Waals surface area contributed by atoms with E-state index in [9.17, 15) is 0 Å². The van der Waals surface area contributed by atoms with Crippen molar-refractivity contribution in [1.29, 1.82) is 0 Å². The molecule has 0 unspecified atom stereocenters. The van der Waals surface area contributed by atoms with Gasteiger partial charge in [0.2, 0.25) is 0 Å². The van der Waals surface area contributed by atoms with Gasteiger partial charge in [0.25, 0.3) is 0 Å². The van der Waals surface area contributed by atoms with Crippen molar-refractivity contribution in [2.45, 2.75) is 38.5 Å². The van der Waals surface area contributed by atoms with E-state index in [0.29, 0.717) is 0 Å². The van der Waals surface area contributed by atoms with Crippen LogP contribution in [0.15, 0.2) is 227 Å². The van der Waals surface area contributed by atoms with Crippen LogP contribution < -0.4 is 9.80 Å². The number of benzene rings is 11. The van der Waals surface area contributed by atoms with E-state index >= 15 is 0 Å². The van der Waals surface area contributed by atoms with Crippen LogP contribution in [0.3, 0.4) is 0 Å². The molecule has 15 rings (SSSR count). The van der Waals surface area contributed by atoms with Gasteiger partial charge in [-0.15, -0.1) is 0 Å². The molecule has 0 spiro atoms. The Morgan fingerprint density at radius 2 is 0.639 bits per heavy atom. The van der Waals surface area contributed by atoms with Gasteiger partial charge in [-0.25, -0.2) is 0 Å². The molecule has 2 heterocycles. The second-order valence-electron chi connectivity index (χ2n) is 20.8. The molecule has 2 aliphatic carbocycles. The van der Waals surface area contributed by atoms with Crippen molar-refractivity contribution >= 4 is 99.5 Å². The quantitative estimate of drug-likeness (QED) is 0.166. The lowest BCUT2D eigenvalue weighted by atomic mass is 9.82. The van der Waals surface area contributed by atoms with Crippen LogP contribution in [0.5, 0.6) is 0 Å². The fourth-order valence-corrected chi connectivity index (χ4v) is 12.8. The predicted molar refractivity (Wildman–Crippen MR) is 301 cm³/mol. The van der Waals surface area contributed by atoms with E-state index in [1.807, 2.05) is 0 Å².